The van der Waals surface area contributed by atoms with Gasteiger partial charge in [0.05, 0.1) is 25.3 Å². The van der Waals surface area contributed by atoms with Gasteiger partial charge in [0.1, 0.15) is 6.54 Å². The van der Waals surface area contributed by atoms with Gasteiger partial charge in [-0.3, -0.25) is 0 Å². The van der Waals surface area contributed by atoms with Crippen LogP contribution in [0.2, 0.25) is 0 Å². The molecule has 1 saturated heterocycles. The SMILES string of the molecule is COC(=O)c1ccc(C[NH+]2C[C@@]3(C)C[C@H]2CC(C)(C)C3)cc1. The molecule has 1 aromatic rings. The topological polar surface area (TPSA) is 30.7 Å². The quantitative estimate of drug-likeness (QED) is 0.870. The molecule has 2 fully saturated rings. The Bertz CT molecular complexity index is 563. The van der Waals surface area contributed by atoms with Gasteiger partial charge in [-0.05, 0) is 24.0 Å². The molecule has 3 atom stereocenters. The van der Waals surface area contributed by atoms with Crippen LogP contribution in [0.1, 0.15) is 56.0 Å². The normalized spacial score (nSPS) is 32.7. The van der Waals surface area contributed by atoms with E-state index < -0.39 is 0 Å². The first-order valence-corrected chi connectivity index (χ1v) is 8.32. The molecular weight excluding hydrogens is 274 g/mol. The molecular formula is C19H28NO2+. The molecule has 1 saturated carbocycles. The summed E-state index contributed by atoms with van der Waals surface area (Å²) >= 11 is 0. The number of benzene rings is 1. The lowest BCUT2D eigenvalue weighted by Crippen LogP contribution is -3.12. The van der Waals surface area contributed by atoms with Crippen molar-refractivity contribution in [3.05, 3.63) is 35.4 Å². The highest BCUT2D eigenvalue weighted by Crippen LogP contribution is 2.47. The predicted octanol–water partition coefficient (Wildman–Crippen LogP) is 2.46. The molecule has 3 nitrogen and oxygen atoms in total. The highest BCUT2D eigenvalue weighted by atomic mass is 16.5. The van der Waals surface area contributed by atoms with Crippen LogP contribution in [-0.4, -0.2) is 25.7 Å². The first-order chi connectivity index (χ1) is 10.3. The van der Waals surface area contributed by atoms with E-state index in [1.807, 2.05) is 12.1 Å². The summed E-state index contributed by atoms with van der Waals surface area (Å²) in [6, 6.07) is 8.71. The Hall–Kier alpha value is -1.35. The van der Waals surface area contributed by atoms with Crippen LogP contribution in [0.5, 0.6) is 0 Å². The van der Waals surface area contributed by atoms with E-state index in [1.165, 1.54) is 38.5 Å². The maximum atomic E-state index is 11.5. The van der Waals surface area contributed by atoms with E-state index in [9.17, 15) is 4.79 Å². The van der Waals surface area contributed by atoms with Crippen molar-refractivity contribution in [2.45, 2.75) is 52.6 Å². The maximum Gasteiger partial charge on any atom is 0.337 e. The number of hydrogen-bond donors (Lipinski definition) is 1. The van der Waals surface area contributed by atoms with Crippen LogP contribution in [0.3, 0.4) is 0 Å². The van der Waals surface area contributed by atoms with Crippen molar-refractivity contribution in [1.82, 2.24) is 0 Å². The largest absolute Gasteiger partial charge is 0.465 e. The standard InChI is InChI=1S/C19H27NO2/c1-18(2)9-16-10-19(3,12-18)13-20(16)11-14-5-7-15(8-6-14)17(21)22-4/h5-8,16H,9-13H2,1-4H3/p+1/t16-,19+/m1/s1. The number of fused-ring (bicyclic) bond motifs is 2. The first kappa shape index (κ1) is 15.5. The molecule has 3 heteroatoms. The van der Waals surface area contributed by atoms with Crippen molar-refractivity contribution in [1.29, 1.82) is 0 Å². The molecule has 1 N–H and O–H groups in total. The Balaban J connectivity index is 1.70. The van der Waals surface area contributed by atoms with Crippen LogP contribution in [0.15, 0.2) is 24.3 Å². The minimum absolute atomic E-state index is 0.259. The summed E-state index contributed by atoms with van der Waals surface area (Å²) in [7, 11) is 1.42. The third-order valence-electron chi connectivity index (χ3n) is 5.48. The molecule has 3 rings (SSSR count). The molecule has 1 aromatic carbocycles. The fraction of sp³-hybridized carbons (Fsp3) is 0.632. The van der Waals surface area contributed by atoms with Gasteiger partial charge in [0.15, 0.2) is 0 Å². The minimum atomic E-state index is -0.259. The van der Waals surface area contributed by atoms with Crippen molar-refractivity contribution in [3.8, 4) is 0 Å². The Morgan fingerprint density at radius 2 is 1.91 bits per heavy atom. The number of quaternary nitrogens is 1. The summed E-state index contributed by atoms with van der Waals surface area (Å²) in [4.78, 5) is 13.2. The summed E-state index contributed by atoms with van der Waals surface area (Å²) in [5.41, 5.74) is 2.94. The van der Waals surface area contributed by atoms with Gasteiger partial charge in [0.25, 0.3) is 0 Å². The summed E-state index contributed by atoms with van der Waals surface area (Å²) in [6.45, 7) is 9.66. The van der Waals surface area contributed by atoms with E-state index in [0.29, 0.717) is 16.4 Å². The van der Waals surface area contributed by atoms with Crippen LogP contribution in [-0.2, 0) is 11.3 Å². The van der Waals surface area contributed by atoms with Crippen LogP contribution in [0.4, 0.5) is 0 Å². The second-order valence-corrected chi connectivity index (χ2v) is 8.46. The Kier molecular flexibility index (Phi) is 3.80. The monoisotopic (exact) mass is 302 g/mol. The molecule has 1 aliphatic heterocycles. The molecule has 2 bridgehead atoms. The van der Waals surface area contributed by atoms with E-state index in [-0.39, 0.29) is 5.97 Å². The average molecular weight is 302 g/mol. The first-order valence-electron chi connectivity index (χ1n) is 8.32. The average Bonchev–Trinajstić information content (AvgIpc) is 2.67. The Morgan fingerprint density at radius 3 is 2.55 bits per heavy atom. The fourth-order valence-electron chi connectivity index (χ4n) is 5.10. The van der Waals surface area contributed by atoms with Crippen LogP contribution >= 0.6 is 0 Å². The number of methoxy groups -OCH3 is 1. The van der Waals surface area contributed by atoms with Crippen molar-refractivity contribution in [3.63, 3.8) is 0 Å². The summed E-state index contributed by atoms with van der Waals surface area (Å²) < 4.78 is 4.76. The number of esters is 1. The Morgan fingerprint density at radius 1 is 1.23 bits per heavy atom. The van der Waals surface area contributed by atoms with E-state index in [1.54, 1.807) is 4.90 Å². The summed E-state index contributed by atoms with van der Waals surface area (Å²) in [5, 5.41) is 0. The number of carbonyl (C=O) groups excluding carboxylic acids is 1. The molecule has 0 radical (unpaired) electrons. The fourth-order valence-corrected chi connectivity index (χ4v) is 5.10. The van der Waals surface area contributed by atoms with Gasteiger partial charge in [0.2, 0.25) is 0 Å². The molecule has 0 amide bonds. The predicted molar refractivity (Wildman–Crippen MR) is 86.8 cm³/mol. The third kappa shape index (κ3) is 3.05. The van der Waals surface area contributed by atoms with Crippen molar-refractivity contribution >= 4 is 5.97 Å². The summed E-state index contributed by atoms with van der Waals surface area (Å²) in [5.74, 6) is -0.259. The minimum Gasteiger partial charge on any atom is -0.465 e. The molecule has 1 aliphatic carbocycles. The second-order valence-electron chi connectivity index (χ2n) is 8.46. The number of ether oxygens (including phenoxy) is 1. The number of carbonyl (C=O) groups is 1. The lowest BCUT2D eigenvalue weighted by molar-refractivity contribution is -0.928. The zero-order valence-electron chi connectivity index (χ0n) is 14.2. The van der Waals surface area contributed by atoms with Crippen LogP contribution < -0.4 is 4.90 Å². The van der Waals surface area contributed by atoms with E-state index >= 15 is 0 Å². The van der Waals surface area contributed by atoms with Gasteiger partial charge in [0, 0.05) is 23.8 Å². The van der Waals surface area contributed by atoms with Crippen molar-refractivity contribution in [2.24, 2.45) is 10.8 Å². The highest BCUT2D eigenvalue weighted by Gasteiger charge is 2.52. The van der Waals surface area contributed by atoms with Crippen LogP contribution in [0.25, 0.3) is 0 Å². The van der Waals surface area contributed by atoms with E-state index in [2.05, 4.69) is 32.9 Å². The smallest absolute Gasteiger partial charge is 0.337 e. The molecule has 22 heavy (non-hydrogen) atoms. The van der Waals surface area contributed by atoms with Crippen molar-refractivity contribution in [2.75, 3.05) is 13.7 Å². The number of hydrogen-bond acceptors (Lipinski definition) is 2. The van der Waals surface area contributed by atoms with Crippen molar-refractivity contribution < 1.29 is 14.4 Å². The number of nitrogens with one attached hydrogen (secondary N) is 1. The molecule has 1 unspecified atom stereocenters. The molecule has 120 valence electrons. The van der Waals surface area contributed by atoms with E-state index in [0.717, 1.165) is 12.6 Å². The van der Waals surface area contributed by atoms with Gasteiger partial charge < -0.3 is 9.64 Å². The third-order valence-corrected chi connectivity index (χ3v) is 5.48. The molecule has 2 aliphatic rings. The maximum absolute atomic E-state index is 11.5. The van der Waals surface area contributed by atoms with Gasteiger partial charge in [-0.25, -0.2) is 4.79 Å². The number of likely N-dealkylation sites (tertiary alicyclic amines) is 1. The van der Waals surface area contributed by atoms with Gasteiger partial charge in [-0.15, -0.1) is 0 Å². The highest BCUT2D eigenvalue weighted by molar-refractivity contribution is 5.89. The molecule has 1 heterocycles. The molecule has 0 spiro atoms. The zero-order valence-corrected chi connectivity index (χ0v) is 14.2. The second kappa shape index (κ2) is 5.38. The summed E-state index contributed by atoms with van der Waals surface area (Å²) in [6.07, 6.45) is 4.05. The lowest BCUT2D eigenvalue weighted by atomic mass is 9.65. The van der Waals surface area contributed by atoms with Gasteiger partial charge >= 0.3 is 5.97 Å². The number of rotatable bonds is 3. The van der Waals surface area contributed by atoms with Gasteiger partial charge in [-0.2, -0.15) is 0 Å². The van der Waals surface area contributed by atoms with Gasteiger partial charge in [-0.1, -0.05) is 32.9 Å². The Labute approximate surface area is 133 Å². The molecule has 0 aromatic heterocycles. The lowest BCUT2D eigenvalue weighted by Gasteiger charge is -2.37. The van der Waals surface area contributed by atoms with E-state index in [4.69, 9.17) is 4.74 Å². The van der Waals surface area contributed by atoms with Crippen LogP contribution in [0, 0.1) is 10.8 Å². The zero-order chi connectivity index (χ0) is 16.0.